The largest absolute Gasteiger partial charge is 0.376 e. The van der Waals surface area contributed by atoms with Crippen LogP contribution in [0.5, 0.6) is 0 Å². The van der Waals surface area contributed by atoms with Gasteiger partial charge in [0.1, 0.15) is 63.1 Å². The van der Waals surface area contributed by atoms with Crippen LogP contribution in [-0.4, -0.2) is 95.9 Å². The van der Waals surface area contributed by atoms with Crippen LogP contribution in [0.2, 0.25) is 0 Å². The molecule has 1 unspecified atom stereocenters. The maximum atomic E-state index is 16.0. The Morgan fingerprint density at radius 3 is 0.842 bits per heavy atom. The summed E-state index contributed by atoms with van der Waals surface area (Å²) in [6.07, 6.45) is 13.8. The van der Waals surface area contributed by atoms with Crippen LogP contribution in [0.3, 0.4) is 0 Å². The first-order valence-corrected chi connectivity index (χ1v) is 45.1. The molecule has 4 aliphatic rings. The molecule has 0 amide bonds. The average molecular weight is 1760 g/mol. The highest BCUT2D eigenvalue weighted by Gasteiger charge is 2.45. The van der Waals surface area contributed by atoms with E-state index >= 15 is 4.39 Å². The first kappa shape index (κ1) is 84.7. The zero-order valence-electron chi connectivity index (χ0n) is 74.6. The van der Waals surface area contributed by atoms with Gasteiger partial charge in [0, 0.05) is 86.8 Å². The molecule has 4 fully saturated rings. The number of fused-ring (bicyclic) bond motifs is 4. The fourth-order valence-corrected chi connectivity index (χ4v) is 19.0. The number of H-pyrrole nitrogens is 4. The third kappa shape index (κ3) is 15.4. The number of pyridine rings is 3. The van der Waals surface area contributed by atoms with Crippen molar-refractivity contribution < 1.29 is 42.9 Å². The lowest BCUT2D eigenvalue weighted by molar-refractivity contribution is 0.117. The smallest absolute Gasteiger partial charge is 0.176 e. The van der Waals surface area contributed by atoms with Crippen LogP contribution < -0.4 is 0 Å². The van der Waals surface area contributed by atoms with Gasteiger partial charge in [-0.25, -0.2) is 24.3 Å². The number of aromatic nitrogens is 15. The summed E-state index contributed by atoms with van der Waals surface area (Å²) in [4.78, 5) is 47.0. The molecule has 1 atom stereocenters. The van der Waals surface area contributed by atoms with Gasteiger partial charge in [0.2, 0.25) is 0 Å². The Bertz CT molecular complexity index is 6900. The Hall–Kier alpha value is -15.1. The SMILES string of the molecule is Cc1noc(C)c1-c1cc(C(O)(c2ccccc2)c2ccccc2)c2nc(C3CC3)[nH]c2c1.Cc1noc(C)c1-c1cc(C(O)(c2ccccc2)c2ccccc2)c2nc(C3CC3)[nH]c2c1.Cc1noc(C)c1-c1cc(C(O)(c2ccccc2)c2ccccn2)c2nc(C3CC3)[nH]c2c1.Cc1noc(C)c1-c1cc(C(O)(c2ccccn2)c2ccccn2)c2nc(C3CC3)[nH]c2c1F. The highest BCUT2D eigenvalue weighted by atomic mass is 19.1. The third-order valence-electron chi connectivity index (χ3n) is 26.3. The highest BCUT2D eigenvalue weighted by molar-refractivity contribution is 5.93. The second-order valence-corrected chi connectivity index (χ2v) is 35.5. The molecule has 24 rings (SSSR count). The standard InChI is InChI=1S/2C28H25N3O2.C27H24N4O2.C26H22FN5O2/c2*1-17-25(18(2)33-31-17)20-15-23(26-24(16-20)29-27(30-26)19-13-14-19)28(32,21-9-5-3-6-10-21)22-11-7-4-8-12-22;1-16-24(17(2)33-31-16)19-14-21(25-22(15-19)29-26(30-25)18-11-12-18)27(32,20-8-4-3-5-9-20)23-10-6-7-13-28-23;1-14-21(15(2)34-32-14)17-13-18(23-24(22(17)27)31-25(30-23)16-9-10-16)26(33,19-7-3-5-11-28-19)20-8-4-6-12-29-20/h2*3-12,15-16,19,32H,13-14H2,1-2H3,(H,29,30);3-10,13-15,18,32H,11-12H2,1-2H3,(H,29,30);3-8,11-13,16,33H,9-10H2,1-2H3,(H,30,31). The molecule has 8 N–H and O–H groups in total. The number of hydrogen-bond donors (Lipinski definition) is 8. The van der Waals surface area contributed by atoms with Gasteiger partial charge in [-0.05, 0) is 230 Å². The predicted octanol–water partition coefficient (Wildman–Crippen LogP) is 22.3. The molecule has 0 radical (unpaired) electrons. The Morgan fingerprint density at radius 1 is 0.293 bits per heavy atom. The Morgan fingerprint density at radius 2 is 0.556 bits per heavy atom. The molecule has 0 saturated heterocycles. The lowest BCUT2D eigenvalue weighted by Gasteiger charge is -2.30. The Kier molecular flexibility index (Phi) is 21.7. The Balaban J connectivity index is 0.000000107. The van der Waals surface area contributed by atoms with E-state index in [9.17, 15) is 20.4 Å². The minimum Gasteiger partial charge on any atom is -0.376 e. The van der Waals surface area contributed by atoms with Crippen molar-refractivity contribution in [1.29, 1.82) is 0 Å². The first-order chi connectivity index (χ1) is 64.6. The van der Waals surface area contributed by atoms with E-state index in [0.29, 0.717) is 68.5 Å². The molecule has 133 heavy (non-hydrogen) atoms. The van der Waals surface area contributed by atoms with E-state index in [2.05, 4.69) is 73.7 Å². The van der Waals surface area contributed by atoms with Crippen molar-refractivity contribution >= 4 is 44.1 Å². The molecular formula is C109H96FN15O8. The van der Waals surface area contributed by atoms with Crippen molar-refractivity contribution in [3.05, 3.63) is 409 Å². The summed E-state index contributed by atoms with van der Waals surface area (Å²) >= 11 is 0. The lowest BCUT2D eigenvalue weighted by Crippen LogP contribution is -2.31. The Labute approximate surface area is 764 Å². The molecular weight excluding hydrogens is 1670 g/mol. The van der Waals surface area contributed by atoms with Crippen molar-refractivity contribution in [1.82, 2.24) is 75.5 Å². The highest BCUT2D eigenvalue weighted by Crippen LogP contribution is 2.52. The molecule has 11 aromatic heterocycles. The number of nitrogens with zero attached hydrogens (tertiary/aromatic N) is 11. The zero-order valence-corrected chi connectivity index (χ0v) is 74.6. The van der Waals surface area contributed by atoms with Crippen molar-refractivity contribution in [2.24, 2.45) is 0 Å². The average Bonchev–Trinajstić information content (AvgIpc) is 1.67. The third-order valence-corrected chi connectivity index (χ3v) is 26.3. The topological polar surface area (TPSA) is 338 Å². The van der Waals surface area contributed by atoms with Crippen LogP contribution in [0.15, 0.2) is 285 Å². The van der Waals surface area contributed by atoms with Gasteiger partial charge in [0.15, 0.2) is 17.0 Å². The monoisotopic (exact) mass is 1760 g/mol. The van der Waals surface area contributed by atoms with Crippen molar-refractivity contribution in [3.63, 3.8) is 0 Å². The van der Waals surface area contributed by atoms with Gasteiger partial charge >= 0.3 is 0 Å². The molecule has 662 valence electrons. The summed E-state index contributed by atoms with van der Waals surface area (Å²) in [5.74, 6) is 7.59. The normalized spacial score (nSPS) is 14.5. The van der Waals surface area contributed by atoms with Crippen LogP contribution in [0.4, 0.5) is 4.39 Å². The number of nitrogens with one attached hydrogen (secondary N) is 4. The summed E-state index contributed by atoms with van der Waals surface area (Å²) in [6.45, 7) is 15.1. The van der Waals surface area contributed by atoms with Crippen LogP contribution >= 0.6 is 0 Å². The van der Waals surface area contributed by atoms with Crippen LogP contribution in [0.25, 0.3) is 88.6 Å². The molecule has 0 spiro atoms. The van der Waals surface area contributed by atoms with Crippen LogP contribution in [0, 0.1) is 61.2 Å². The predicted molar refractivity (Wildman–Crippen MR) is 505 cm³/mol. The fraction of sp³-hybridized carbons (Fsp3) is 0.220. The quantitative estimate of drug-likeness (QED) is 0.0329. The van der Waals surface area contributed by atoms with E-state index in [-0.39, 0.29) is 17.0 Å². The summed E-state index contributed by atoms with van der Waals surface area (Å²) in [5.41, 5.74) is 16.8. The molecule has 20 aromatic rings. The van der Waals surface area contributed by atoms with E-state index in [1.54, 1.807) is 74.9 Å². The van der Waals surface area contributed by atoms with Gasteiger partial charge in [-0.2, -0.15) is 0 Å². The van der Waals surface area contributed by atoms with Gasteiger partial charge in [0.05, 0.1) is 84.0 Å². The number of rotatable bonds is 20. The number of halogens is 1. The summed E-state index contributed by atoms with van der Waals surface area (Å²) < 4.78 is 37.7. The van der Waals surface area contributed by atoms with Crippen molar-refractivity contribution in [2.75, 3.05) is 0 Å². The molecule has 11 heterocycles. The molecule has 24 heteroatoms. The maximum Gasteiger partial charge on any atom is 0.176 e. The van der Waals surface area contributed by atoms with Gasteiger partial charge in [-0.3, -0.25) is 15.0 Å². The minimum atomic E-state index is -1.78. The maximum absolute atomic E-state index is 16.0. The molecule has 23 nitrogen and oxygen atoms in total. The molecule has 4 aliphatic carbocycles. The summed E-state index contributed by atoms with van der Waals surface area (Å²) in [5, 5.41) is 66.5. The number of benzene rings is 9. The fourth-order valence-electron chi connectivity index (χ4n) is 19.0. The molecule has 0 bridgehead atoms. The number of aliphatic hydroxyl groups is 4. The first-order valence-electron chi connectivity index (χ1n) is 45.1. The molecule has 0 aliphatic heterocycles. The van der Waals surface area contributed by atoms with Crippen molar-refractivity contribution in [3.8, 4) is 44.5 Å². The van der Waals surface area contributed by atoms with Gasteiger partial charge in [-0.1, -0.05) is 190 Å². The summed E-state index contributed by atoms with van der Waals surface area (Å²) in [7, 11) is 0. The number of aromatic amines is 4. The lowest BCUT2D eigenvalue weighted by atomic mass is 9.79. The molecule has 4 saturated carbocycles. The van der Waals surface area contributed by atoms with E-state index < -0.39 is 28.2 Å². The van der Waals surface area contributed by atoms with Crippen LogP contribution in [-0.2, 0) is 22.4 Å². The van der Waals surface area contributed by atoms with E-state index in [0.717, 1.165) is 214 Å². The zero-order chi connectivity index (χ0) is 91.2. The summed E-state index contributed by atoms with van der Waals surface area (Å²) in [6, 6.07) is 79.1. The van der Waals surface area contributed by atoms with Crippen molar-refractivity contribution in [2.45, 2.75) is 153 Å². The van der Waals surface area contributed by atoms with Gasteiger partial charge < -0.3 is 58.5 Å². The van der Waals surface area contributed by atoms with Crippen LogP contribution in [0.1, 0.15) is 211 Å². The van der Waals surface area contributed by atoms with E-state index in [1.165, 1.54) is 0 Å². The number of hydrogen-bond acceptors (Lipinski definition) is 19. The van der Waals surface area contributed by atoms with Gasteiger partial charge in [0.25, 0.3) is 0 Å². The van der Waals surface area contributed by atoms with Gasteiger partial charge in [-0.15, -0.1) is 0 Å². The second-order valence-electron chi connectivity index (χ2n) is 35.5. The second kappa shape index (κ2) is 34.0. The minimum absolute atomic E-state index is 0.236. The van der Waals surface area contributed by atoms with E-state index in [4.69, 9.17) is 38.0 Å². The molecule has 9 aromatic carbocycles. The number of imidazole rings is 4. The number of aryl methyl sites for hydroxylation is 8. The van der Waals surface area contributed by atoms with E-state index in [1.807, 2.05) is 230 Å².